The summed E-state index contributed by atoms with van der Waals surface area (Å²) in [7, 11) is 0. The molecule has 0 bridgehead atoms. The van der Waals surface area contributed by atoms with E-state index >= 15 is 0 Å². The monoisotopic (exact) mass is 169 g/mol. The van der Waals surface area contributed by atoms with Crippen LogP contribution in [0.2, 0.25) is 0 Å². The first-order valence-corrected chi connectivity index (χ1v) is 3.57. The highest BCUT2D eigenvalue weighted by molar-refractivity contribution is 5.41. The van der Waals surface area contributed by atoms with E-state index in [2.05, 4.69) is 5.32 Å². The minimum absolute atomic E-state index is 0.0310. The van der Waals surface area contributed by atoms with Crippen LogP contribution in [0.25, 0.3) is 0 Å². The molecule has 5 nitrogen and oxygen atoms in total. The Kier molecular flexibility index (Phi) is 2.71. The maximum absolute atomic E-state index is 10.9. The van der Waals surface area contributed by atoms with Crippen LogP contribution in [-0.4, -0.2) is 18.3 Å². The third kappa shape index (κ3) is 2.00. The standard InChI is InChI=1S/C7H11N3O2/c8-7-2-1-6(5-10(7)12)9-3-4-11/h1-2,5,9,11H,3-4,8H2. The van der Waals surface area contributed by atoms with Crippen LogP contribution in [0.5, 0.6) is 0 Å². The molecule has 0 aliphatic carbocycles. The fraction of sp³-hybridized carbons (Fsp3) is 0.286. The lowest BCUT2D eigenvalue weighted by atomic mass is 10.4. The highest BCUT2D eigenvalue weighted by atomic mass is 16.5. The van der Waals surface area contributed by atoms with Crippen molar-refractivity contribution in [1.82, 2.24) is 0 Å². The number of hydrogen-bond acceptors (Lipinski definition) is 4. The number of nitrogen functional groups attached to an aromatic ring is 1. The van der Waals surface area contributed by atoms with Crippen LogP contribution in [-0.2, 0) is 0 Å². The molecular weight excluding hydrogens is 158 g/mol. The van der Waals surface area contributed by atoms with Crippen molar-refractivity contribution in [2.75, 3.05) is 24.2 Å². The van der Waals surface area contributed by atoms with E-state index < -0.39 is 0 Å². The smallest absolute Gasteiger partial charge is 0.275 e. The van der Waals surface area contributed by atoms with Crippen LogP contribution < -0.4 is 15.8 Å². The maximum Gasteiger partial charge on any atom is 0.275 e. The Balaban J connectivity index is 2.69. The molecule has 0 radical (unpaired) electrons. The fourth-order valence-corrected chi connectivity index (χ4v) is 0.797. The van der Waals surface area contributed by atoms with Crippen molar-refractivity contribution in [2.45, 2.75) is 0 Å². The molecule has 0 aliphatic heterocycles. The molecule has 0 atom stereocenters. The lowest BCUT2D eigenvalue weighted by Gasteiger charge is -2.07. The number of anilines is 2. The molecule has 0 saturated carbocycles. The molecule has 1 rings (SSSR count). The topological polar surface area (TPSA) is 85.2 Å². The first-order valence-electron chi connectivity index (χ1n) is 3.57. The van der Waals surface area contributed by atoms with Crippen LogP contribution in [0.3, 0.4) is 0 Å². The highest BCUT2D eigenvalue weighted by Gasteiger charge is 1.97. The summed E-state index contributed by atoms with van der Waals surface area (Å²) in [5.74, 6) is 0.157. The fourth-order valence-electron chi connectivity index (χ4n) is 0.797. The predicted molar refractivity (Wildman–Crippen MR) is 45.4 cm³/mol. The lowest BCUT2D eigenvalue weighted by Crippen LogP contribution is -2.30. The van der Waals surface area contributed by atoms with Gasteiger partial charge in [0.1, 0.15) is 6.20 Å². The number of hydrogen-bond donors (Lipinski definition) is 3. The zero-order valence-electron chi connectivity index (χ0n) is 6.53. The Morgan fingerprint density at radius 2 is 2.33 bits per heavy atom. The number of aliphatic hydroxyl groups is 1. The van der Waals surface area contributed by atoms with Gasteiger partial charge in [-0.15, -0.1) is 0 Å². The number of nitrogens with two attached hydrogens (primary N) is 1. The van der Waals surface area contributed by atoms with Crippen LogP contribution in [0.1, 0.15) is 0 Å². The average molecular weight is 169 g/mol. The van der Waals surface area contributed by atoms with Crippen molar-refractivity contribution in [1.29, 1.82) is 0 Å². The molecule has 0 aromatic carbocycles. The Morgan fingerprint density at radius 1 is 1.58 bits per heavy atom. The molecule has 1 heterocycles. The Hall–Kier alpha value is -1.49. The molecule has 0 spiro atoms. The van der Waals surface area contributed by atoms with E-state index in [4.69, 9.17) is 10.8 Å². The molecule has 0 unspecified atom stereocenters. The van der Waals surface area contributed by atoms with Gasteiger partial charge in [-0.05, 0) is 6.07 Å². The van der Waals surface area contributed by atoms with Gasteiger partial charge >= 0.3 is 0 Å². The molecule has 5 heteroatoms. The van der Waals surface area contributed by atoms with Gasteiger partial charge in [-0.1, -0.05) is 0 Å². The number of aromatic nitrogens is 1. The highest BCUT2D eigenvalue weighted by Crippen LogP contribution is 2.03. The van der Waals surface area contributed by atoms with Gasteiger partial charge in [-0.25, -0.2) is 4.73 Å². The van der Waals surface area contributed by atoms with Crippen LogP contribution in [0.4, 0.5) is 11.5 Å². The molecule has 66 valence electrons. The second-order valence-electron chi connectivity index (χ2n) is 2.32. The van der Waals surface area contributed by atoms with Crippen LogP contribution >= 0.6 is 0 Å². The van der Waals surface area contributed by atoms with Gasteiger partial charge in [-0.2, -0.15) is 0 Å². The van der Waals surface area contributed by atoms with Crippen LogP contribution in [0.15, 0.2) is 18.3 Å². The predicted octanol–water partition coefficient (Wildman–Crippen LogP) is -0.694. The summed E-state index contributed by atoms with van der Waals surface area (Å²) in [6.45, 7) is 0.452. The van der Waals surface area contributed by atoms with Gasteiger partial charge in [0, 0.05) is 12.6 Å². The number of rotatable bonds is 3. The van der Waals surface area contributed by atoms with Crippen molar-refractivity contribution in [3.05, 3.63) is 23.5 Å². The summed E-state index contributed by atoms with van der Waals surface area (Å²) in [6, 6.07) is 3.19. The molecule has 0 amide bonds. The van der Waals surface area contributed by atoms with Crippen molar-refractivity contribution in [3.8, 4) is 0 Å². The molecule has 1 aromatic heterocycles. The van der Waals surface area contributed by atoms with Crippen molar-refractivity contribution >= 4 is 11.5 Å². The summed E-state index contributed by atoms with van der Waals surface area (Å²) in [5, 5.41) is 22.2. The second-order valence-corrected chi connectivity index (χ2v) is 2.32. The second kappa shape index (κ2) is 3.77. The van der Waals surface area contributed by atoms with E-state index in [1.165, 1.54) is 12.3 Å². The quantitative estimate of drug-likeness (QED) is 0.413. The number of aliphatic hydroxyl groups excluding tert-OH is 1. The first kappa shape index (κ1) is 8.61. The minimum Gasteiger partial charge on any atom is -0.711 e. The summed E-state index contributed by atoms with van der Waals surface area (Å²) in [6.07, 6.45) is 1.32. The molecule has 0 saturated heterocycles. The molecule has 0 aliphatic rings. The van der Waals surface area contributed by atoms with E-state index in [0.717, 1.165) is 0 Å². The Labute approximate surface area is 70.0 Å². The molecular formula is C7H11N3O2. The van der Waals surface area contributed by atoms with Crippen molar-refractivity contribution < 1.29 is 9.84 Å². The molecule has 0 fully saturated rings. The summed E-state index contributed by atoms with van der Waals surface area (Å²) in [5.41, 5.74) is 5.94. The van der Waals surface area contributed by atoms with Gasteiger partial charge in [0.25, 0.3) is 5.82 Å². The number of nitrogens with one attached hydrogen (secondary N) is 1. The van der Waals surface area contributed by atoms with E-state index in [-0.39, 0.29) is 12.4 Å². The van der Waals surface area contributed by atoms with E-state index in [1.807, 2.05) is 0 Å². The number of nitrogens with zero attached hydrogens (tertiary/aromatic N) is 1. The SMILES string of the molecule is Nc1ccc(NCCO)c[n+]1[O-]. The van der Waals surface area contributed by atoms with Gasteiger partial charge in [0.15, 0.2) is 0 Å². The normalized spacial score (nSPS) is 9.75. The molecule has 1 aromatic rings. The molecule has 12 heavy (non-hydrogen) atoms. The number of pyridine rings is 1. The minimum atomic E-state index is 0.0310. The maximum atomic E-state index is 10.9. The van der Waals surface area contributed by atoms with E-state index in [9.17, 15) is 5.21 Å². The first-order chi connectivity index (χ1) is 5.74. The van der Waals surface area contributed by atoms with Crippen molar-refractivity contribution in [2.24, 2.45) is 0 Å². The zero-order valence-corrected chi connectivity index (χ0v) is 6.53. The lowest BCUT2D eigenvalue weighted by molar-refractivity contribution is -0.589. The average Bonchev–Trinajstić information content (AvgIpc) is 2.07. The van der Waals surface area contributed by atoms with Gasteiger partial charge in [-0.3, -0.25) is 5.73 Å². The van der Waals surface area contributed by atoms with Gasteiger partial charge < -0.3 is 15.6 Å². The summed E-state index contributed by atoms with van der Waals surface area (Å²) >= 11 is 0. The summed E-state index contributed by atoms with van der Waals surface area (Å²) in [4.78, 5) is 0. The third-order valence-corrected chi connectivity index (χ3v) is 1.39. The Morgan fingerprint density at radius 3 is 2.92 bits per heavy atom. The summed E-state index contributed by atoms with van der Waals surface area (Å²) < 4.78 is 0.569. The largest absolute Gasteiger partial charge is 0.711 e. The molecule has 4 N–H and O–H groups in total. The van der Waals surface area contributed by atoms with Gasteiger partial charge in [0.05, 0.1) is 12.3 Å². The zero-order chi connectivity index (χ0) is 8.97. The third-order valence-electron chi connectivity index (χ3n) is 1.39. The van der Waals surface area contributed by atoms with Crippen LogP contribution in [0, 0.1) is 5.21 Å². The Bertz CT molecular complexity index is 265. The van der Waals surface area contributed by atoms with Crippen molar-refractivity contribution in [3.63, 3.8) is 0 Å². The van der Waals surface area contributed by atoms with E-state index in [0.29, 0.717) is 17.0 Å². The van der Waals surface area contributed by atoms with Gasteiger partial charge in [0.2, 0.25) is 0 Å². The van der Waals surface area contributed by atoms with E-state index in [1.54, 1.807) is 6.07 Å².